The third kappa shape index (κ3) is 6.01. The van der Waals surface area contributed by atoms with Gasteiger partial charge in [0.1, 0.15) is 12.2 Å². The van der Waals surface area contributed by atoms with Crippen molar-refractivity contribution in [3.63, 3.8) is 0 Å². The van der Waals surface area contributed by atoms with Crippen molar-refractivity contribution in [3.8, 4) is 11.3 Å². The second-order valence-corrected chi connectivity index (χ2v) is 9.64. The van der Waals surface area contributed by atoms with Crippen LogP contribution in [0.25, 0.3) is 22.6 Å². The van der Waals surface area contributed by atoms with Crippen LogP contribution in [-0.2, 0) is 16.6 Å². The van der Waals surface area contributed by atoms with Crippen LogP contribution >= 0.6 is 0 Å². The predicted molar refractivity (Wildman–Crippen MR) is 140 cm³/mol. The number of allylic oxidation sites excluding steroid dienone is 2. The van der Waals surface area contributed by atoms with E-state index in [9.17, 15) is 8.42 Å². The SMILES string of the molecule is C=C(/N=C(C)\C=C/C)c1[nH]c(CNc2cccc(NS(C)(=O)=O)c2)nc1-c1ccc2ncnn2c1. The molecule has 0 bridgehead atoms. The zero-order chi connectivity index (χ0) is 25.0. The van der Waals surface area contributed by atoms with Crippen LogP contribution in [0.1, 0.15) is 25.4 Å². The van der Waals surface area contributed by atoms with Crippen LogP contribution in [0.15, 0.2) is 72.6 Å². The average molecular weight is 491 g/mol. The first-order valence-corrected chi connectivity index (χ1v) is 12.7. The quantitative estimate of drug-likeness (QED) is 0.303. The number of benzene rings is 1. The Bertz CT molecular complexity index is 1550. The number of nitrogens with one attached hydrogen (secondary N) is 3. The minimum absolute atomic E-state index is 0.367. The number of imidazole rings is 1. The van der Waals surface area contributed by atoms with Crippen molar-refractivity contribution >= 4 is 38.5 Å². The Morgan fingerprint density at radius 2 is 2.06 bits per heavy atom. The highest BCUT2D eigenvalue weighted by atomic mass is 32.2. The van der Waals surface area contributed by atoms with Crippen molar-refractivity contribution in [2.45, 2.75) is 20.4 Å². The molecule has 35 heavy (non-hydrogen) atoms. The Labute approximate surface area is 203 Å². The van der Waals surface area contributed by atoms with E-state index < -0.39 is 10.0 Å². The van der Waals surface area contributed by atoms with E-state index in [1.165, 1.54) is 6.33 Å². The first kappa shape index (κ1) is 23.9. The number of rotatable bonds is 9. The normalized spacial score (nSPS) is 12.4. The van der Waals surface area contributed by atoms with Gasteiger partial charge in [0.2, 0.25) is 10.0 Å². The summed E-state index contributed by atoms with van der Waals surface area (Å²) >= 11 is 0. The molecule has 0 aliphatic heterocycles. The van der Waals surface area contributed by atoms with E-state index in [0.29, 0.717) is 35.1 Å². The maximum atomic E-state index is 11.5. The molecule has 4 rings (SSSR count). The Balaban J connectivity index is 1.65. The zero-order valence-electron chi connectivity index (χ0n) is 19.6. The van der Waals surface area contributed by atoms with Gasteiger partial charge >= 0.3 is 0 Å². The van der Waals surface area contributed by atoms with Crippen LogP contribution in [0.4, 0.5) is 11.4 Å². The lowest BCUT2D eigenvalue weighted by molar-refractivity contribution is 0.607. The first-order chi connectivity index (χ1) is 16.7. The number of nitrogens with zero attached hydrogens (tertiary/aromatic N) is 5. The molecule has 1 aromatic carbocycles. The van der Waals surface area contributed by atoms with Crippen molar-refractivity contribution in [2.24, 2.45) is 4.99 Å². The fourth-order valence-corrected chi connectivity index (χ4v) is 4.08. The molecule has 0 aliphatic carbocycles. The maximum absolute atomic E-state index is 11.5. The molecule has 180 valence electrons. The standard InChI is InChI=1S/C24H26N8O2S/c1-5-7-16(2)28-17(3)23-24(18-10-11-22-26-15-27-32(22)14-18)30-21(29-23)13-25-19-8-6-9-20(12-19)31-35(4,33)34/h5-12,14-15,25,31H,3,13H2,1-2,4H3,(H,29,30)/b7-5-,28-16-. The lowest BCUT2D eigenvalue weighted by Crippen LogP contribution is -2.09. The van der Waals surface area contributed by atoms with Gasteiger partial charge in [-0.15, -0.1) is 0 Å². The third-order valence-electron chi connectivity index (χ3n) is 4.93. The predicted octanol–water partition coefficient (Wildman–Crippen LogP) is 4.11. The van der Waals surface area contributed by atoms with Crippen LogP contribution in [0.5, 0.6) is 0 Å². The van der Waals surface area contributed by atoms with E-state index in [1.807, 2.05) is 50.4 Å². The van der Waals surface area contributed by atoms with E-state index in [0.717, 1.165) is 28.9 Å². The summed E-state index contributed by atoms with van der Waals surface area (Å²) in [5, 5.41) is 7.49. The number of aromatic amines is 1. The summed E-state index contributed by atoms with van der Waals surface area (Å²) < 4.78 is 27.2. The highest BCUT2D eigenvalue weighted by molar-refractivity contribution is 7.92. The van der Waals surface area contributed by atoms with Gasteiger partial charge in [-0.3, -0.25) is 9.71 Å². The Morgan fingerprint density at radius 1 is 1.26 bits per heavy atom. The molecule has 0 saturated heterocycles. The van der Waals surface area contributed by atoms with E-state index in [1.54, 1.807) is 22.7 Å². The van der Waals surface area contributed by atoms with Crippen molar-refractivity contribution < 1.29 is 8.42 Å². The molecule has 0 saturated carbocycles. The smallest absolute Gasteiger partial charge is 0.229 e. The van der Waals surface area contributed by atoms with Crippen molar-refractivity contribution in [1.82, 2.24) is 24.6 Å². The molecule has 3 heterocycles. The summed E-state index contributed by atoms with van der Waals surface area (Å²) in [5.74, 6) is 0.662. The highest BCUT2D eigenvalue weighted by Crippen LogP contribution is 2.28. The molecule has 0 radical (unpaired) electrons. The Kier molecular flexibility index (Phi) is 6.78. The number of H-pyrrole nitrogens is 1. The van der Waals surface area contributed by atoms with Gasteiger partial charge < -0.3 is 10.3 Å². The monoisotopic (exact) mass is 490 g/mol. The van der Waals surface area contributed by atoms with Gasteiger partial charge in [-0.05, 0) is 50.3 Å². The van der Waals surface area contributed by atoms with Gasteiger partial charge in [-0.1, -0.05) is 18.7 Å². The van der Waals surface area contributed by atoms with Crippen LogP contribution < -0.4 is 10.0 Å². The lowest BCUT2D eigenvalue weighted by atomic mass is 10.1. The minimum Gasteiger partial charge on any atom is -0.378 e. The van der Waals surface area contributed by atoms with E-state index in [4.69, 9.17) is 4.98 Å². The fraction of sp³-hybridized carbons (Fsp3) is 0.167. The third-order valence-corrected chi connectivity index (χ3v) is 5.54. The largest absolute Gasteiger partial charge is 0.378 e. The molecular formula is C24H26N8O2S. The first-order valence-electron chi connectivity index (χ1n) is 10.8. The summed E-state index contributed by atoms with van der Waals surface area (Å²) in [5.41, 5.74) is 5.53. The molecule has 0 aliphatic rings. The topological polar surface area (TPSA) is 129 Å². The molecule has 0 unspecified atom stereocenters. The fourth-order valence-electron chi connectivity index (χ4n) is 3.52. The van der Waals surface area contributed by atoms with Crippen LogP contribution in [0.2, 0.25) is 0 Å². The van der Waals surface area contributed by atoms with Gasteiger partial charge in [-0.2, -0.15) is 5.10 Å². The summed E-state index contributed by atoms with van der Waals surface area (Å²) in [6.45, 7) is 8.35. The van der Waals surface area contributed by atoms with E-state index in [-0.39, 0.29) is 0 Å². The van der Waals surface area contributed by atoms with Crippen LogP contribution in [0.3, 0.4) is 0 Å². The molecule has 0 fully saturated rings. The number of hydrogen-bond donors (Lipinski definition) is 3. The van der Waals surface area contributed by atoms with Gasteiger partial charge in [0.15, 0.2) is 5.65 Å². The van der Waals surface area contributed by atoms with E-state index >= 15 is 0 Å². The summed E-state index contributed by atoms with van der Waals surface area (Å²) in [4.78, 5) is 16.9. The van der Waals surface area contributed by atoms with Gasteiger partial charge in [-0.25, -0.2) is 22.9 Å². The number of aliphatic imine (C=N–C) groups is 1. The van der Waals surface area contributed by atoms with Gasteiger partial charge in [0.25, 0.3) is 0 Å². The number of aromatic nitrogens is 5. The minimum atomic E-state index is -3.36. The second kappa shape index (κ2) is 9.94. The zero-order valence-corrected chi connectivity index (χ0v) is 20.5. The van der Waals surface area contributed by atoms with E-state index in [2.05, 4.69) is 36.7 Å². The van der Waals surface area contributed by atoms with Crippen LogP contribution in [-0.4, -0.2) is 45.0 Å². The number of sulfonamides is 1. The number of fused-ring (bicyclic) bond motifs is 1. The number of pyridine rings is 1. The highest BCUT2D eigenvalue weighted by Gasteiger charge is 2.16. The van der Waals surface area contributed by atoms with Gasteiger partial charge in [0.05, 0.1) is 35.6 Å². The Hall–Kier alpha value is -4.25. The van der Waals surface area contributed by atoms with Crippen LogP contribution in [0, 0.1) is 0 Å². The van der Waals surface area contributed by atoms with Crippen molar-refractivity contribution in [2.75, 3.05) is 16.3 Å². The Morgan fingerprint density at radius 3 is 2.83 bits per heavy atom. The summed E-state index contributed by atoms with van der Waals surface area (Å²) in [7, 11) is -3.36. The summed E-state index contributed by atoms with van der Waals surface area (Å²) in [6, 6.07) is 10.8. The molecule has 0 atom stereocenters. The molecule has 4 aromatic rings. The number of anilines is 2. The molecule has 0 amide bonds. The van der Waals surface area contributed by atoms with Crippen molar-refractivity contribution in [1.29, 1.82) is 0 Å². The lowest BCUT2D eigenvalue weighted by Gasteiger charge is -2.08. The molecule has 10 nitrogen and oxygen atoms in total. The average Bonchev–Trinajstić information content (AvgIpc) is 3.43. The second-order valence-electron chi connectivity index (χ2n) is 7.90. The summed E-state index contributed by atoms with van der Waals surface area (Å²) in [6.07, 6.45) is 8.29. The maximum Gasteiger partial charge on any atom is 0.229 e. The number of hydrogen-bond acceptors (Lipinski definition) is 7. The van der Waals surface area contributed by atoms with Crippen molar-refractivity contribution in [3.05, 3.63) is 79.2 Å². The molecular weight excluding hydrogens is 464 g/mol. The molecule has 3 aromatic heterocycles. The molecule has 3 N–H and O–H groups in total. The molecule has 11 heteroatoms. The van der Waals surface area contributed by atoms with Gasteiger partial charge in [0, 0.05) is 23.2 Å². The molecule has 0 spiro atoms.